The van der Waals surface area contributed by atoms with E-state index < -0.39 is 12.2 Å². The van der Waals surface area contributed by atoms with Crippen molar-refractivity contribution in [2.24, 2.45) is 0 Å². The van der Waals surface area contributed by atoms with E-state index in [4.69, 9.17) is 4.74 Å². The molecule has 10 heteroatoms. The number of amides is 4. The Hall–Kier alpha value is -2.72. The van der Waals surface area contributed by atoms with E-state index in [1.165, 1.54) is 17.1 Å². The molecule has 2 fully saturated rings. The zero-order valence-corrected chi connectivity index (χ0v) is 19.6. The van der Waals surface area contributed by atoms with Crippen LogP contribution in [0.5, 0.6) is 0 Å². The molecule has 0 radical (unpaired) electrons. The number of urea groups is 1. The largest absolute Gasteiger partial charge is 0.385 e. The van der Waals surface area contributed by atoms with E-state index >= 15 is 0 Å². The Bertz CT molecular complexity index is 837. The first-order valence-electron chi connectivity index (χ1n) is 11.5. The first-order chi connectivity index (χ1) is 15.9. The maximum absolute atomic E-state index is 13.3. The summed E-state index contributed by atoms with van der Waals surface area (Å²) in [5.74, 6) is -0.565. The Morgan fingerprint density at radius 2 is 1.94 bits per heavy atom. The first kappa shape index (κ1) is 24.9. The second-order valence-electron chi connectivity index (χ2n) is 8.52. The van der Waals surface area contributed by atoms with Gasteiger partial charge in [0.25, 0.3) is 0 Å². The molecule has 4 amide bonds. The Balaban J connectivity index is 1.80. The summed E-state index contributed by atoms with van der Waals surface area (Å²) >= 11 is 0. The quantitative estimate of drug-likeness (QED) is 0.565. The molecule has 0 spiro atoms. The van der Waals surface area contributed by atoms with Crippen LogP contribution < -0.4 is 5.32 Å². The number of piperazine rings is 1. The van der Waals surface area contributed by atoms with Crippen LogP contribution in [0, 0.1) is 5.82 Å². The number of benzene rings is 1. The lowest BCUT2D eigenvalue weighted by atomic mass is 10.0. The molecule has 2 saturated heterocycles. The number of likely N-dealkylation sites (N-methyl/N-ethyl adjacent to an activating group) is 1. The van der Waals surface area contributed by atoms with Crippen molar-refractivity contribution < 1.29 is 23.5 Å². The van der Waals surface area contributed by atoms with Crippen LogP contribution in [-0.2, 0) is 20.9 Å². The molecule has 3 rings (SSSR count). The number of hydrogen-bond acceptors (Lipinski definition) is 5. The lowest BCUT2D eigenvalue weighted by molar-refractivity contribution is -0.187. The fourth-order valence-electron chi connectivity index (χ4n) is 4.44. The maximum Gasteiger partial charge on any atom is 0.334 e. The monoisotopic (exact) mass is 463 g/mol. The van der Waals surface area contributed by atoms with Gasteiger partial charge < -0.3 is 19.9 Å². The minimum absolute atomic E-state index is 0.0139. The van der Waals surface area contributed by atoms with Crippen LogP contribution in [0.15, 0.2) is 24.3 Å². The number of carbonyl (C=O) groups is 3. The zero-order valence-electron chi connectivity index (χ0n) is 19.6. The Morgan fingerprint density at radius 1 is 1.21 bits per heavy atom. The van der Waals surface area contributed by atoms with E-state index in [2.05, 4.69) is 5.32 Å². The molecule has 1 aromatic carbocycles. The highest BCUT2D eigenvalue weighted by Crippen LogP contribution is 2.28. The Kier molecular flexibility index (Phi) is 8.62. The number of methoxy groups -OCH3 is 1. The third kappa shape index (κ3) is 5.80. The molecule has 2 aliphatic rings. The van der Waals surface area contributed by atoms with Crippen LogP contribution in [0.2, 0.25) is 0 Å². The smallest absolute Gasteiger partial charge is 0.334 e. The van der Waals surface area contributed by atoms with E-state index in [1.54, 1.807) is 41.1 Å². The van der Waals surface area contributed by atoms with Gasteiger partial charge in [-0.2, -0.15) is 0 Å². The van der Waals surface area contributed by atoms with Gasteiger partial charge in [-0.3, -0.25) is 9.59 Å². The maximum atomic E-state index is 13.3. The Morgan fingerprint density at radius 3 is 2.61 bits per heavy atom. The van der Waals surface area contributed by atoms with Crippen LogP contribution in [0.4, 0.5) is 9.18 Å². The van der Waals surface area contributed by atoms with Gasteiger partial charge in [0.2, 0.25) is 11.8 Å². The number of hydrazine groups is 1. The number of rotatable bonds is 9. The molecular weight excluding hydrogens is 429 g/mol. The van der Waals surface area contributed by atoms with Crippen molar-refractivity contribution in [3.05, 3.63) is 35.6 Å². The number of fused-ring (bicyclic) bond motifs is 1. The highest BCUT2D eigenvalue weighted by molar-refractivity contribution is 5.91. The number of nitrogens with one attached hydrogen (secondary N) is 1. The van der Waals surface area contributed by atoms with Gasteiger partial charge in [0.05, 0.1) is 13.1 Å². The first-order valence-corrected chi connectivity index (χ1v) is 11.5. The van der Waals surface area contributed by atoms with Crippen molar-refractivity contribution in [3.8, 4) is 0 Å². The fourth-order valence-corrected chi connectivity index (χ4v) is 4.44. The van der Waals surface area contributed by atoms with E-state index in [1.807, 2.05) is 6.92 Å². The summed E-state index contributed by atoms with van der Waals surface area (Å²) in [4.78, 5) is 42.8. The normalized spacial score (nSPS) is 21.4. The number of hydrogen-bond donors (Lipinski definition) is 1. The fraction of sp³-hybridized carbons (Fsp3) is 0.609. The van der Waals surface area contributed by atoms with Gasteiger partial charge in [0.15, 0.2) is 0 Å². The van der Waals surface area contributed by atoms with Gasteiger partial charge in [-0.1, -0.05) is 31.9 Å². The van der Waals surface area contributed by atoms with Crippen molar-refractivity contribution in [1.29, 1.82) is 0 Å². The number of ether oxygens (including phenoxy) is 1. The van der Waals surface area contributed by atoms with E-state index in [9.17, 15) is 18.8 Å². The second-order valence-corrected chi connectivity index (χ2v) is 8.52. The van der Waals surface area contributed by atoms with Gasteiger partial charge >= 0.3 is 6.03 Å². The average molecular weight is 464 g/mol. The highest BCUT2D eigenvalue weighted by Gasteiger charge is 2.50. The number of nitrogens with zero attached hydrogens (tertiary/aromatic N) is 4. The molecular formula is C23H34FN5O4. The topological polar surface area (TPSA) is 85.4 Å². The van der Waals surface area contributed by atoms with Crippen molar-refractivity contribution in [1.82, 2.24) is 25.1 Å². The molecule has 0 bridgehead atoms. The van der Waals surface area contributed by atoms with Gasteiger partial charge in [0.1, 0.15) is 18.0 Å². The van der Waals surface area contributed by atoms with Crippen LogP contribution in [0.25, 0.3) is 0 Å². The predicted octanol–water partition coefficient (Wildman–Crippen LogP) is 1.79. The molecule has 33 heavy (non-hydrogen) atoms. The molecule has 1 N–H and O–H groups in total. The zero-order chi connectivity index (χ0) is 24.0. The van der Waals surface area contributed by atoms with E-state index in [0.29, 0.717) is 26.0 Å². The molecule has 182 valence electrons. The average Bonchev–Trinajstić information content (AvgIpc) is 2.79. The minimum Gasteiger partial charge on any atom is -0.385 e. The highest BCUT2D eigenvalue weighted by atomic mass is 19.1. The van der Waals surface area contributed by atoms with Crippen LogP contribution in [-0.4, -0.2) is 90.3 Å². The summed E-state index contributed by atoms with van der Waals surface area (Å²) in [5.41, 5.74) is 0.762. The lowest BCUT2D eigenvalue weighted by Gasteiger charge is -2.54. The molecule has 0 aliphatic carbocycles. The number of unbranched alkanes of at least 4 members (excludes halogenated alkanes) is 1. The second kappa shape index (κ2) is 11.4. The molecule has 0 unspecified atom stereocenters. The van der Waals surface area contributed by atoms with Crippen molar-refractivity contribution in [2.45, 2.75) is 51.4 Å². The SMILES string of the molecule is CCCC[C@H]1C(=O)N(CCCOC)C[C@H]2N1C(=O)CN(C)N2C(=O)NCc1ccc(F)cc1. The molecule has 0 aromatic heterocycles. The van der Waals surface area contributed by atoms with Crippen molar-refractivity contribution >= 4 is 17.8 Å². The predicted molar refractivity (Wildman–Crippen MR) is 120 cm³/mol. The molecule has 1 aromatic rings. The van der Waals surface area contributed by atoms with Crippen LogP contribution in [0.3, 0.4) is 0 Å². The van der Waals surface area contributed by atoms with Gasteiger partial charge in [-0.25, -0.2) is 19.2 Å². The standard InChI is InChI=1S/C23H34FN5O4/c1-4-5-7-19-22(31)27(12-6-13-33-3)15-20-28(19)21(30)16-26(2)29(20)23(32)25-14-17-8-10-18(24)11-9-17/h8-11,19-20H,4-7,12-16H2,1-3H3,(H,25,32)/t19-,20-/m0/s1. The molecule has 9 nitrogen and oxygen atoms in total. The molecule has 0 saturated carbocycles. The third-order valence-corrected chi connectivity index (χ3v) is 6.11. The van der Waals surface area contributed by atoms with Crippen molar-refractivity contribution in [3.63, 3.8) is 0 Å². The summed E-state index contributed by atoms with van der Waals surface area (Å²) in [6.07, 6.45) is 2.36. The van der Waals surface area contributed by atoms with Gasteiger partial charge in [0, 0.05) is 33.9 Å². The molecule has 2 heterocycles. The minimum atomic E-state index is -0.591. The van der Waals surface area contributed by atoms with Gasteiger partial charge in [-0.05, 0) is 30.5 Å². The summed E-state index contributed by atoms with van der Waals surface area (Å²) in [6, 6.07) is 4.96. The third-order valence-electron chi connectivity index (χ3n) is 6.11. The summed E-state index contributed by atoms with van der Waals surface area (Å²) in [6.45, 7) is 3.55. The summed E-state index contributed by atoms with van der Waals surface area (Å²) in [5, 5.41) is 5.99. The van der Waals surface area contributed by atoms with Crippen LogP contribution >= 0.6 is 0 Å². The van der Waals surface area contributed by atoms with Crippen molar-refractivity contribution in [2.75, 3.05) is 40.4 Å². The molecule has 2 atom stereocenters. The van der Waals surface area contributed by atoms with E-state index in [-0.39, 0.29) is 43.3 Å². The number of halogens is 1. The Labute approximate surface area is 194 Å². The van der Waals surface area contributed by atoms with E-state index in [0.717, 1.165) is 18.4 Å². The van der Waals surface area contributed by atoms with Gasteiger partial charge in [-0.15, -0.1) is 0 Å². The lowest BCUT2D eigenvalue weighted by Crippen LogP contribution is -2.76. The summed E-state index contributed by atoms with van der Waals surface area (Å²) in [7, 11) is 3.31. The summed E-state index contributed by atoms with van der Waals surface area (Å²) < 4.78 is 18.3. The molecule has 2 aliphatic heterocycles. The van der Waals surface area contributed by atoms with Crippen LogP contribution in [0.1, 0.15) is 38.2 Å². The number of carbonyl (C=O) groups excluding carboxylic acids is 3.